The number of benzene rings is 1. The van der Waals surface area contributed by atoms with E-state index in [0.717, 1.165) is 28.3 Å². The molecule has 0 aliphatic heterocycles. The van der Waals surface area contributed by atoms with Gasteiger partial charge in [-0.2, -0.15) is 0 Å². The molecule has 0 saturated carbocycles. The summed E-state index contributed by atoms with van der Waals surface area (Å²) in [6.45, 7) is 7.92. The third-order valence-electron chi connectivity index (χ3n) is 3.21. The Bertz CT molecular complexity index is 768. The standard InChI is InChI=1S/C16H17N3O3S/c1-10(17-3)13-6-5-12(22-4)9-14(13)18-11(2)15-7-8-16(23-15)19(20)21/h5-9,17-18H,1-2H2,3-4H3. The van der Waals surface area contributed by atoms with Gasteiger partial charge in [-0.25, -0.2) is 0 Å². The van der Waals surface area contributed by atoms with Crippen molar-refractivity contribution < 1.29 is 9.66 Å². The van der Waals surface area contributed by atoms with Crippen LogP contribution in [0.4, 0.5) is 10.7 Å². The first-order chi connectivity index (χ1) is 11.0. The molecule has 0 aliphatic rings. The summed E-state index contributed by atoms with van der Waals surface area (Å²) >= 11 is 1.07. The molecule has 0 amide bonds. The average molecular weight is 331 g/mol. The first-order valence-corrected chi connectivity index (χ1v) is 7.53. The molecule has 2 aromatic rings. The van der Waals surface area contributed by atoms with E-state index in [1.807, 2.05) is 18.2 Å². The lowest BCUT2D eigenvalue weighted by Gasteiger charge is -2.16. The van der Waals surface area contributed by atoms with Crippen LogP contribution in [-0.2, 0) is 0 Å². The van der Waals surface area contributed by atoms with Crippen LogP contribution in [0.25, 0.3) is 11.4 Å². The molecule has 1 aromatic heterocycles. The van der Waals surface area contributed by atoms with Crippen molar-refractivity contribution in [2.24, 2.45) is 0 Å². The van der Waals surface area contributed by atoms with Crippen LogP contribution in [0, 0.1) is 10.1 Å². The third-order valence-corrected chi connectivity index (χ3v) is 4.31. The number of nitro groups is 1. The summed E-state index contributed by atoms with van der Waals surface area (Å²) in [6.07, 6.45) is 0. The van der Waals surface area contributed by atoms with Gasteiger partial charge in [-0.1, -0.05) is 24.5 Å². The Labute approximate surface area is 138 Å². The zero-order valence-electron chi connectivity index (χ0n) is 12.9. The SMILES string of the molecule is C=C(Nc1cc(OC)ccc1C(=C)NC)c1ccc([N+](=O)[O-])s1. The molecular weight excluding hydrogens is 314 g/mol. The number of hydrogen-bond donors (Lipinski definition) is 2. The normalized spacial score (nSPS) is 10.0. The second-order valence-electron chi connectivity index (χ2n) is 4.64. The Kier molecular flexibility index (Phi) is 5.02. The van der Waals surface area contributed by atoms with Crippen molar-refractivity contribution in [2.45, 2.75) is 0 Å². The van der Waals surface area contributed by atoms with E-state index < -0.39 is 4.92 Å². The molecule has 7 heteroatoms. The fraction of sp³-hybridized carbons (Fsp3) is 0.125. The summed E-state index contributed by atoms with van der Waals surface area (Å²) < 4.78 is 5.24. The van der Waals surface area contributed by atoms with Crippen LogP contribution in [-0.4, -0.2) is 19.1 Å². The van der Waals surface area contributed by atoms with Crippen molar-refractivity contribution >= 4 is 33.4 Å². The number of ether oxygens (including phenoxy) is 1. The molecule has 1 aromatic carbocycles. The first-order valence-electron chi connectivity index (χ1n) is 6.72. The molecular formula is C16H17N3O3S. The summed E-state index contributed by atoms with van der Waals surface area (Å²) in [5.74, 6) is 0.685. The van der Waals surface area contributed by atoms with Crippen LogP contribution >= 0.6 is 11.3 Å². The minimum atomic E-state index is -0.415. The number of nitrogens with one attached hydrogen (secondary N) is 2. The van der Waals surface area contributed by atoms with Gasteiger partial charge in [0.15, 0.2) is 0 Å². The molecule has 2 N–H and O–H groups in total. The van der Waals surface area contributed by atoms with Crippen LogP contribution < -0.4 is 15.4 Å². The molecule has 0 saturated heterocycles. The minimum Gasteiger partial charge on any atom is -0.497 e. The summed E-state index contributed by atoms with van der Waals surface area (Å²) in [7, 11) is 3.37. The molecule has 1 heterocycles. The lowest BCUT2D eigenvalue weighted by molar-refractivity contribution is -0.380. The van der Waals surface area contributed by atoms with E-state index in [1.165, 1.54) is 6.07 Å². The maximum Gasteiger partial charge on any atom is 0.324 e. The van der Waals surface area contributed by atoms with Gasteiger partial charge in [0.05, 0.1) is 22.6 Å². The van der Waals surface area contributed by atoms with Gasteiger partial charge in [-0.15, -0.1) is 0 Å². The second-order valence-corrected chi connectivity index (χ2v) is 5.70. The van der Waals surface area contributed by atoms with Crippen molar-refractivity contribution in [3.8, 4) is 5.75 Å². The first kappa shape index (κ1) is 16.6. The molecule has 0 radical (unpaired) electrons. The van der Waals surface area contributed by atoms with Crippen LogP contribution in [0.1, 0.15) is 10.4 Å². The van der Waals surface area contributed by atoms with Gasteiger partial charge in [0, 0.05) is 36.1 Å². The highest BCUT2D eigenvalue weighted by Gasteiger charge is 2.14. The molecule has 0 fully saturated rings. The second kappa shape index (κ2) is 6.97. The van der Waals surface area contributed by atoms with Crippen molar-refractivity contribution in [3.05, 3.63) is 64.0 Å². The molecule has 120 valence electrons. The van der Waals surface area contributed by atoms with Crippen molar-refractivity contribution in [3.63, 3.8) is 0 Å². The van der Waals surface area contributed by atoms with E-state index in [1.54, 1.807) is 20.2 Å². The van der Waals surface area contributed by atoms with Gasteiger partial charge >= 0.3 is 5.00 Å². The average Bonchev–Trinajstić information content (AvgIpc) is 3.04. The number of nitrogens with zero attached hydrogens (tertiary/aromatic N) is 1. The Morgan fingerprint density at radius 3 is 2.57 bits per heavy atom. The van der Waals surface area contributed by atoms with Gasteiger partial charge in [0.25, 0.3) is 0 Å². The Morgan fingerprint density at radius 1 is 1.26 bits per heavy atom. The van der Waals surface area contributed by atoms with Gasteiger partial charge < -0.3 is 15.4 Å². The van der Waals surface area contributed by atoms with Gasteiger partial charge in [0.1, 0.15) is 5.75 Å². The van der Waals surface area contributed by atoms with E-state index in [-0.39, 0.29) is 5.00 Å². The van der Waals surface area contributed by atoms with E-state index >= 15 is 0 Å². The fourth-order valence-corrected chi connectivity index (χ4v) is 2.71. The number of anilines is 1. The van der Waals surface area contributed by atoms with Gasteiger partial charge in [-0.05, 0) is 18.2 Å². The highest BCUT2D eigenvalue weighted by molar-refractivity contribution is 7.16. The summed E-state index contributed by atoms with van der Waals surface area (Å²) in [5, 5.41) is 17.0. The highest BCUT2D eigenvalue weighted by Crippen LogP contribution is 2.32. The van der Waals surface area contributed by atoms with Crippen molar-refractivity contribution in [1.82, 2.24) is 5.32 Å². The summed E-state index contributed by atoms with van der Waals surface area (Å²) in [5.41, 5.74) is 2.92. The van der Waals surface area contributed by atoms with Gasteiger partial charge in [0.2, 0.25) is 0 Å². The predicted octanol–water partition coefficient (Wildman–Crippen LogP) is 3.94. The maximum absolute atomic E-state index is 10.8. The lowest BCUT2D eigenvalue weighted by atomic mass is 10.1. The zero-order chi connectivity index (χ0) is 17.0. The largest absolute Gasteiger partial charge is 0.497 e. The molecule has 2 rings (SSSR count). The summed E-state index contributed by atoms with van der Waals surface area (Å²) in [6, 6.07) is 8.67. The maximum atomic E-state index is 10.8. The topological polar surface area (TPSA) is 76.4 Å². The van der Waals surface area contributed by atoms with Crippen LogP contribution in [0.15, 0.2) is 43.5 Å². The Hall–Kier alpha value is -2.80. The van der Waals surface area contributed by atoms with E-state index in [9.17, 15) is 10.1 Å². The number of hydrogen-bond acceptors (Lipinski definition) is 6. The molecule has 0 spiro atoms. The van der Waals surface area contributed by atoms with Crippen molar-refractivity contribution in [1.29, 1.82) is 0 Å². The molecule has 23 heavy (non-hydrogen) atoms. The van der Waals surface area contributed by atoms with Crippen molar-refractivity contribution in [2.75, 3.05) is 19.5 Å². The molecule has 0 aliphatic carbocycles. The molecule has 0 unspecified atom stereocenters. The number of rotatable bonds is 7. The van der Waals surface area contributed by atoms with Crippen LogP contribution in [0.3, 0.4) is 0 Å². The fourth-order valence-electron chi connectivity index (χ4n) is 1.96. The van der Waals surface area contributed by atoms with Gasteiger partial charge in [-0.3, -0.25) is 10.1 Å². The van der Waals surface area contributed by atoms with Crippen LogP contribution in [0.5, 0.6) is 5.75 Å². The quantitative estimate of drug-likeness (QED) is 0.594. The summed E-state index contributed by atoms with van der Waals surface area (Å²) in [4.78, 5) is 11.1. The monoisotopic (exact) mass is 331 g/mol. The Balaban J connectivity index is 2.31. The van der Waals surface area contributed by atoms with E-state index in [0.29, 0.717) is 16.3 Å². The highest BCUT2D eigenvalue weighted by atomic mass is 32.1. The Morgan fingerprint density at radius 2 is 2.00 bits per heavy atom. The van der Waals surface area contributed by atoms with Crippen LogP contribution in [0.2, 0.25) is 0 Å². The molecule has 6 nitrogen and oxygen atoms in total. The minimum absolute atomic E-state index is 0.0773. The smallest absolute Gasteiger partial charge is 0.324 e. The number of thiophene rings is 1. The molecule has 0 bridgehead atoms. The molecule has 0 atom stereocenters. The van der Waals surface area contributed by atoms with E-state index in [4.69, 9.17) is 4.74 Å². The zero-order valence-corrected chi connectivity index (χ0v) is 13.7. The van der Waals surface area contributed by atoms with E-state index in [2.05, 4.69) is 23.8 Å². The lowest BCUT2D eigenvalue weighted by Crippen LogP contribution is -2.07. The predicted molar refractivity (Wildman–Crippen MR) is 94.7 cm³/mol. The number of methoxy groups -OCH3 is 1. The third kappa shape index (κ3) is 3.70.